The number of anilines is 1. The molecule has 6 nitrogen and oxygen atoms in total. The molecule has 0 saturated heterocycles. The molecular formula is C19H27N3O3S. The molecule has 2 N–H and O–H groups in total. The first-order chi connectivity index (χ1) is 12.5. The van der Waals surface area contributed by atoms with E-state index in [4.69, 9.17) is 4.74 Å². The van der Waals surface area contributed by atoms with Gasteiger partial charge in [-0.05, 0) is 31.5 Å². The molecule has 142 valence electrons. The number of carbonyl (C=O) groups is 2. The fourth-order valence-electron chi connectivity index (χ4n) is 2.09. The van der Waals surface area contributed by atoms with Gasteiger partial charge >= 0.3 is 5.97 Å². The number of nitrogens with zero attached hydrogens (tertiary/aromatic N) is 1. The van der Waals surface area contributed by atoms with E-state index in [9.17, 15) is 14.9 Å². The van der Waals surface area contributed by atoms with Crippen LogP contribution in [0, 0.1) is 24.2 Å². The average Bonchev–Trinajstić information content (AvgIpc) is 2.63. The van der Waals surface area contributed by atoms with Gasteiger partial charge in [0.15, 0.2) is 5.92 Å². The first kappa shape index (κ1) is 21.6. The van der Waals surface area contributed by atoms with Gasteiger partial charge in [-0.2, -0.15) is 5.26 Å². The van der Waals surface area contributed by atoms with Crippen LogP contribution < -0.4 is 10.6 Å². The highest BCUT2D eigenvalue weighted by molar-refractivity contribution is 8.00. The Morgan fingerprint density at radius 1 is 1.50 bits per heavy atom. The third kappa shape index (κ3) is 7.62. The second kappa shape index (κ2) is 12.0. The van der Waals surface area contributed by atoms with Crippen LogP contribution in [-0.4, -0.2) is 42.6 Å². The van der Waals surface area contributed by atoms with Crippen molar-refractivity contribution in [3.63, 3.8) is 0 Å². The third-order valence-corrected chi connectivity index (χ3v) is 4.71. The number of benzene rings is 1. The van der Waals surface area contributed by atoms with Crippen molar-refractivity contribution < 1.29 is 15.8 Å². The van der Waals surface area contributed by atoms with E-state index in [1.54, 1.807) is 0 Å². The summed E-state index contributed by atoms with van der Waals surface area (Å²) in [7, 11) is 0. The fraction of sp³-hybridized carbons (Fsp3) is 0.421. The van der Waals surface area contributed by atoms with Gasteiger partial charge in [-0.15, -0.1) is 11.8 Å². The molecule has 26 heavy (non-hydrogen) atoms. The molecule has 0 aliphatic heterocycles. The van der Waals surface area contributed by atoms with Crippen molar-refractivity contribution in [2.45, 2.75) is 19.1 Å². The predicted octanol–water partition coefficient (Wildman–Crippen LogP) is 2.76. The standard InChI is InChI=1S/C19H25N3O3S.H2/c1-4-9-25-19(24)15(11-20)13-26-17(18(23)21-5-2)12-22-16-8-6-7-14(3)10-16;/h4,6-8,10,15,17,22H,1,5,9,12-13H2,2-3H3,(H,21,23);1H. The topological polar surface area (TPSA) is 91.2 Å². The Morgan fingerprint density at radius 2 is 2.27 bits per heavy atom. The van der Waals surface area contributed by atoms with Crippen molar-refractivity contribution in [2.75, 3.05) is 30.8 Å². The van der Waals surface area contributed by atoms with Crippen LogP contribution >= 0.6 is 11.8 Å². The number of amides is 1. The minimum absolute atomic E-state index is 0. The predicted molar refractivity (Wildman–Crippen MR) is 107 cm³/mol. The zero-order chi connectivity index (χ0) is 19.4. The van der Waals surface area contributed by atoms with E-state index in [1.807, 2.05) is 44.2 Å². The lowest BCUT2D eigenvalue weighted by molar-refractivity contribution is -0.144. The van der Waals surface area contributed by atoms with Gasteiger partial charge in [-0.3, -0.25) is 9.59 Å². The zero-order valence-corrected chi connectivity index (χ0v) is 16.0. The van der Waals surface area contributed by atoms with Gasteiger partial charge in [0.25, 0.3) is 0 Å². The number of nitrogens with one attached hydrogen (secondary N) is 2. The van der Waals surface area contributed by atoms with E-state index < -0.39 is 17.1 Å². The zero-order valence-electron chi connectivity index (χ0n) is 15.2. The smallest absolute Gasteiger partial charge is 0.324 e. The lowest BCUT2D eigenvalue weighted by Crippen LogP contribution is -2.37. The Kier molecular flexibility index (Phi) is 9.95. The Morgan fingerprint density at radius 3 is 2.88 bits per heavy atom. The highest BCUT2D eigenvalue weighted by atomic mass is 32.2. The maximum Gasteiger partial charge on any atom is 0.324 e. The van der Waals surface area contributed by atoms with E-state index in [-0.39, 0.29) is 19.7 Å². The van der Waals surface area contributed by atoms with Gasteiger partial charge in [0.2, 0.25) is 5.91 Å². The Balaban J connectivity index is 0.00000676. The molecule has 2 unspecified atom stereocenters. The number of thioether (sulfide) groups is 1. The summed E-state index contributed by atoms with van der Waals surface area (Å²) in [6.45, 7) is 8.28. The summed E-state index contributed by atoms with van der Waals surface area (Å²) in [5.41, 5.74) is 2.04. The summed E-state index contributed by atoms with van der Waals surface area (Å²) in [5, 5.41) is 14.8. The molecule has 1 amide bonds. The first-order valence-electron chi connectivity index (χ1n) is 8.38. The molecule has 2 atom stereocenters. The molecule has 1 aromatic carbocycles. The summed E-state index contributed by atoms with van der Waals surface area (Å²) in [5.74, 6) is -1.46. The molecule has 0 aliphatic carbocycles. The van der Waals surface area contributed by atoms with Crippen molar-refractivity contribution >= 4 is 29.3 Å². The first-order valence-corrected chi connectivity index (χ1v) is 9.43. The van der Waals surface area contributed by atoms with Gasteiger partial charge in [-0.25, -0.2) is 0 Å². The number of carbonyl (C=O) groups excluding carboxylic acids is 2. The monoisotopic (exact) mass is 377 g/mol. The molecule has 1 rings (SSSR count). The molecule has 0 fully saturated rings. The largest absolute Gasteiger partial charge is 0.460 e. The number of aryl methyl sites for hydroxylation is 1. The van der Waals surface area contributed by atoms with Gasteiger partial charge in [0.1, 0.15) is 11.9 Å². The summed E-state index contributed by atoms with van der Waals surface area (Å²) in [6, 6.07) is 9.79. The molecule has 0 heterocycles. The van der Waals surface area contributed by atoms with Crippen molar-refractivity contribution in [1.29, 1.82) is 5.26 Å². The summed E-state index contributed by atoms with van der Waals surface area (Å²) < 4.78 is 4.92. The van der Waals surface area contributed by atoms with Crippen LogP contribution in [0.2, 0.25) is 0 Å². The molecular weight excluding hydrogens is 350 g/mol. The lowest BCUT2D eigenvalue weighted by atomic mass is 10.2. The molecule has 0 aliphatic rings. The van der Waals surface area contributed by atoms with Crippen molar-refractivity contribution in [2.24, 2.45) is 5.92 Å². The van der Waals surface area contributed by atoms with Crippen LogP contribution in [0.5, 0.6) is 0 Å². The highest BCUT2D eigenvalue weighted by Crippen LogP contribution is 2.18. The van der Waals surface area contributed by atoms with Gasteiger partial charge in [-0.1, -0.05) is 24.8 Å². The maximum absolute atomic E-state index is 12.3. The number of nitriles is 1. The van der Waals surface area contributed by atoms with Crippen LogP contribution in [0.4, 0.5) is 5.69 Å². The van der Waals surface area contributed by atoms with E-state index >= 15 is 0 Å². The number of hydrogen-bond donors (Lipinski definition) is 2. The van der Waals surface area contributed by atoms with Crippen LogP contribution in [-0.2, 0) is 14.3 Å². The van der Waals surface area contributed by atoms with Crippen LogP contribution in [0.25, 0.3) is 0 Å². The molecule has 0 saturated carbocycles. The molecule has 1 aromatic rings. The molecule has 0 radical (unpaired) electrons. The molecule has 0 bridgehead atoms. The van der Waals surface area contributed by atoms with Crippen LogP contribution in [0.3, 0.4) is 0 Å². The van der Waals surface area contributed by atoms with E-state index in [0.29, 0.717) is 13.1 Å². The summed E-state index contributed by atoms with van der Waals surface area (Å²) in [6.07, 6.45) is 1.45. The quantitative estimate of drug-likeness (QED) is 0.455. The third-order valence-electron chi connectivity index (χ3n) is 3.40. The number of esters is 1. The van der Waals surface area contributed by atoms with E-state index in [0.717, 1.165) is 11.3 Å². The number of rotatable bonds is 11. The summed E-state index contributed by atoms with van der Waals surface area (Å²) >= 11 is 1.26. The Labute approximate surface area is 160 Å². The second-order valence-electron chi connectivity index (χ2n) is 5.57. The van der Waals surface area contributed by atoms with Gasteiger partial charge < -0.3 is 15.4 Å². The SMILES string of the molecule is C=CCOC(=O)C(C#N)CSC(CNc1cccc(C)c1)C(=O)NCC.[HH]. The van der Waals surface area contributed by atoms with Gasteiger partial charge in [0, 0.05) is 26.0 Å². The normalized spacial score (nSPS) is 12.3. The molecule has 0 aromatic heterocycles. The Hall–Kier alpha value is -2.46. The lowest BCUT2D eigenvalue weighted by Gasteiger charge is -2.18. The molecule has 0 spiro atoms. The second-order valence-corrected chi connectivity index (χ2v) is 6.80. The fourth-order valence-corrected chi connectivity index (χ4v) is 3.16. The number of hydrogen-bond acceptors (Lipinski definition) is 6. The minimum atomic E-state index is -0.921. The van der Waals surface area contributed by atoms with Crippen molar-refractivity contribution in [1.82, 2.24) is 5.32 Å². The minimum Gasteiger partial charge on any atom is -0.460 e. The maximum atomic E-state index is 12.3. The van der Waals surface area contributed by atoms with Crippen molar-refractivity contribution in [3.8, 4) is 6.07 Å². The van der Waals surface area contributed by atoms with Crippen LogP contribution in [0.1, 0.15) is 13.9 Å². The average molecular weight is 378 g/mol. The molecule has 7 heteroatoms. The Bertz CT molecular complexity index is 664. The van der Waals surface area contributed by atoms with Crippen LogP contribution in [0.15, 0.2) is 36.9 Å². The van der Waals surface area contributed by atoms with Crippen molar-refractivity contribution in [3.05, 3.63) is 42.5 Å². The number of ether oxygens (including phenoxy) is 1. The van der Waals surface area contributed by atoms with Gasteiger partial charge in [0.05, 0.1) is 6.07 Å². The van der Waals surface area contributed by atoms with E-state index in [1.165, 1.54) is 17.8 Å². The summed E-state index contributed by atoms with van der Waals surface area (Å²) in [4.78, 5) is 24.1. The highest BCUT2D eigenvalue weighted by Gasteiger charge is 2.25. The van der Waals surface area contributed by atoms with E-state index in [2.05, 4.69) is 17.2 Å².